The second-order valence-corrected chi connectivity index (χ2v) is 6.81. The molecule has 3 unspecified atom stereocenters. The van der Waals surface area contributed by atoms with Crippen LogP contribution in [0.2, 0.25) is 0 Å². The average molecular weight is 287 g/mol. The second-order valence-electron chi connectivity index (χ2n) is 6.81. The summed E-state index contributed by atoms with van der Waals surface area (Å²) in [7, 11) is 0. The number of hydrogen-bond donors (Lipinski definition) is 1. The number of piperidine rings is 1. The maximum Gasteiger partial charge on any atom is 0.311 e. The Hall–Kier alpha value is -1.35. The summed E-state index contributed by atoms with van der Waals surface area (Å²) in [5.41, 5.74) is 2.54. The zero-order chi connectivity index (χ0) is 15.0. The lowest BCUT2D eigenvalue weighted by Gasteiger charge is -2.36. The lowest BCUT2D eigenvalue weighted by Crippen LogP contribution is -2.48. The first-order valence-electron chi connectivity index (χ1n) is 8.07. The molecule has 0 saturated carbocycles. The van der Waals surface area contributed by atoms with Crippen LogP contribution in [0.5, 0.6) is 0 Å². The van der Waals surface area contributed by atoms with Crippen molar-refractivity contribution in [2.45, 2.75) is 64.1 Å². The Labute approximate surface area is 127 Å². The Morgan fingerprint density at radius 1 is 1.24 bits per heavy atom. The number of nitrogens with one attached hydrogen (secondary N) is 1. The lowest BCUT2D eigenvalue weighted by molar-refractivity contribution is -0.155. The minimum Gasteiger partial charge on any atom is -0.463 e. The fourth-order valence-corrected chi connectivity index (χ4v) is 3.85. The van der Waals surface area contributed by atoms with E-state index >= 15 is 0 Å². The molecule has 1 aromatic rings. The number of esters is 1. The van der Waals surface area contributed by atoms with Crippen LogP contribution in [0.25, 0.3) is 0 Å². The second kappa shape index (κ2) is 5.80. The van der Waals surface area contributed by atoms with E-state index in [0.29, 0.717) is 6.04 Å². The van der Waals surface area contributed by atoms with Crippen LogP contribution in [-0.2, 0) is 9.53 Å². The van der Waals surface area contributed by atoms with Crippen molar-refractivity contribution in [1.29, 1.82) is 0 Å². The SMILES string of the molecule is Cc1ccc(C2C[C@H]3CCC(N3)C2C(=O)OC(C)C)cc1. The maximum absolute atomic E-state index is 12.6. The van der Waals surface area contributed by atoms with Gasteiger partial charge in [0.05, 0.1) is 12.0 Å². The van der Waals surface area contributed by atoms with E-state index in [1.165, 1.54) is 17.5 Å². The summed E-state index contributed by atoms with van der Waals surface area (Å²) in [6, 6.07) is 9.49. The highest BCUT2D eigenvalue weighted by molar-refractivity contribution is 5.75. The fraction of sp³-hybridized carbons (Fsp3) is 0.611. The average Bonchev–Trinajstić information content (AvgIpc) is 2.80. The van der Waals surface area contributed by atoms with Gasteiger partial charge in [-0.1, -0.05) is 29.8 Å². The molecule has 114 valence electrons. The summed E-state index contributed by atoms with van der Waals surface area (Å²) in [6.45, 7) is 5.94. The van der Waals surface area contributed by atoms with Crippen molar-refractivity contribution < 1.29 is 9.53 Å². The molecule has 2 saturated heterocycles. The van der Waals surface area contributed by atoms with E-state index in [0.717, 1.165) is 12.8 Å². The molecular formula is C18H25NO2. The van der Waals surface area contributed by atoms with Gasteiger partial charge in [0.1, 0.15) is 0 Å². The van der Waals surface area contributed by atoms with Crippen molar-refractivity contribution in [3.63, 3.8) is 0 Å². The van der Waals surface area contributed by atoms with Crippen LogP contribution in [0.3, 0.4) is 0 Å². The molecule has 2 aliphatic heterocycles. The van der Waals surface area contributed by atoms with Gasteiger partial charge < -0.3 is 10.1 Å². The van der Waals surface area contributed by atoms with Crippen molar-refractivity contribution in [3.8, 4) is 0 Å². The number of fused-ring (bicyclic) bond motifs is 2. The van der Waals surface area contributed by atoms with Gasteiger partial charge in [-0.2, -0.15) is 0 Å². The number of aryl methyl sites for hydroxylation is 1. The van der Waals surface area contributed by atoms with Crippen molar-refractivity contribution in [1.82, 2.24) is 5.32 Å². The van der Waals surface area contributed by atoms with Crippen LogP contribution < -0.4 is 5.32 Å². The normalized spacial score (nSPS) is 31.4. The van der Waals surface area contributed by atoms with Gasteiger partial charge in [-0.15, -0.1) is 0 Å². The molecule has 0 aliphatic carbocycles. The van der Waals surface area contributed by atoms with Gasteiger partial charge in [0.2, 0.25) is 0 Å². The van der Waals surface area contributed by atoms with Crippen molar-refractivity contribution >= 4 is 5.97 Å². The minimum atomic E-state index is -0.0474. The summed E-state index contributed by atoms with van der Waals surface area (Å²) in [5.74, 6) is 0.206. The monoisotopic (exact) mass is 287 g/mol. The third-order valence-electron chi connectivity index (χ3n) is 4.81. The zero-order valence-corrected chi connectivity index (χ0v) is 13.1. The first-order chi connectivity index (χ1) is 10.0. The van der Waals surface area contributed by atoms with Gasteiger partial charge in [-0.25, -0.2) is 0 Å². The summed E-state index contributed by atoms with van der Waals surface area (Å²) in [4.78, 5) is 12.6. The molecule has 0 spiro atoms. The standard InChI is InChI=1S/C18H25NO2/c1-11(2)21-18(20)17-15(10-14-8-9-16(17)19-14)13-6-4-12(3)5-7-13/h4-7,11,14-17,19H,8-10H2,1-3H3/t14-,15?,16?,17?/m1/s1. The summed E-state index contributed by atoms with van der Waals surface area (Å²) in [6.07, 6.45) is 3.26. The predicted molar refractivity (Wildman–Crippen MR) is 83.2 cm³/mol. The molecule has 3 rings (SSSR count). The van der Waals surface area contributed by atoms with Crippen molar-refractivity contribution in [2.75, 3.05) is 0 Å². The molecule has 0 aromatic heterocycles. The predicted octanol–water partition coefficient (Wildman–Crippen LogP) is 3.17. The zero-order valence-electron chi connectivity index (χ0n) is 13.1. The molecule has 2 aliphatic rings. The highest BCUT2D eigenvalue weighted by atomic mass is 16.5. The number of hydrogen-bond acceptors (Lipinski definition) is 3. The summed E-state index contributed by atoms with van der Waals surface area (Å²) in [5, 5.41) is 3.60. The molecule has 0 radical (unpaired) electrons. The van der Waals surface area contributed by atoms with Crippen LogP contribution in [-0.4, -0.2) is 24.2 Å². The third-order valence-corrected chi connectivity index (χ3v) is 4.81. The van der Waals surface area contributed by atoms with E-state index in [4.69, 9.17) is 4.74 Å². The van der Waals surface area contributed by atoms with E-state index in [-0.39, 0.29) is 30.0 Å². The molecule has 1 N–H and O–H groups in total. The van der Waals surface area contributed by atoms with Gasteiger partial charge in [0.25, 0.3) is 0 Å². The van der Waals surface area contributed by atoms with E-state index in [2.05, 4.69) is 36.5 Å². The number of ether oxygens (including phenoxy) is 1. The Morgan fingerprint density at radius 2 is 1.95 bits per heavy atom. The molecule has 0 amide bonds. The van der Waals surface area contributed by atoms with Gasteiger partial charge in [0, 0.05) is 18.0 Å². The molecule has 2 heterocycles. The van der Waals surface area contributed by atoms with Crippen LogP contribution in [0, 0.1) is 12.8 Å². The highest BCUT2D eigenvalue weighted by Crippen LogP contribution is 2.42. The maximum atomic E-state index is 12.6. The number of carbonyl (C=O) groups is 1. The van der Waals surface area contributed by atoms with Crippen LogP contribution in [0.15, 0.2) is 24.3 Å². The quantitative estimate of drug-likeness (QED) is 0.868. The largest absolute Gasteiger partial charge is 0.463 e. The topological polar surface area (TPSA) is 38.3 Å². The molecule has 4 atom stereocenters. The minimum absolute atomic E-state index is 0.0339. The first kappa shape index (κ1) is 14.6. The van der Waals surface area contributed by atoms with Crippen LogP contribution >= 0.6 is 0 Å². The number of rotatable bonds is 3. The van der Waals surface area contributed by atoms with Gasteiger partial charge >= 0.3 is 5.97 Å². The van der Waals surface area contributed by atoms with Crippen LogP contribution in [0.4, 0.5) is 0 Å². The Balaban J connectivity index is 1.88. The highest BCUT2D eigenvalue weighted by Gasteiger charge is 2.46. The van der Waals surface area contributed by atoms with Crippen molar-refractivity contribution in [2.24, 2.45) is 5.92 Å². The summed E-state index contributed by atoms with van der Waals surface area (Å²) >= 11 is 0. The molecule has 3 heteroatoms. The number of benzene rings is 1. The van der Waals surface area contributed by atoms with E-state index < -0.39 is 0 Å². The molecule has 21 heavy (non-hydrogen) atoms. The molecule has 1 aromatic carbocycles. The summed E-state index contributed by atoms with van der Waals surface area (Å²) < 4.78 is 5.54. The van der Waals surface area contributed by atoms with Crippen LogP contribution in [0.1, 0.15) is 50.2 Å². The van der Waals surface area contributed by atoms with E-state index in [9.17, 15) is 4.79 Å². The fourth-order valence-electron chi connectivity index (χ4n) is 3.85. The Morgan fingerprint density at radius 3 is 2.62 bits per heavy atom. The Kier molecular flexibility index (Phi) is 4.03. The molecule has 2 fully saturated rings. The van der Waals surface area contributed by atoms with Gasteiger partial charge in [-0.3, -0.25) is 4.79 Å². The van der Waals surface area contributed by atoms with E-state index in [1.807, 2.05) is 13.8 Å². The lowest BCUT2D eigenvalue weighted by atomic mass is 9.77. The van der Waals surface area contributed by atoms with Gasteiger partial charge in [-0.05, 0) is 45.6 Å². The Bertz CT molecular complexity index is 508. The third kappa shape index (κ3) is 2.98. The van der Waals surface area contributed by atoms with Gasteiger partial charge in [0.15, 0.2) is 0 Å². The van der Waals surface area contributed by atoms with E-state index in [1.54, 1.807) is 0 Å². The first-order valence-corrected chi connectivity index (χ1v) is 8.07. The van der Waals surface area contributed by atoms with Crippen molar-refractivity contribution in [3.05, 3.63) is 35.4 Å². The smallest absolute Gasteiger partial charge is 0.311 e. The molecule has 3 nitrogen and oxygen atoms in total. The number of carbonyl (C=O) groups excluding carboxylic acids is 1. The molecule has 2 bridgehead atoms. The molecular weight excluding hydrogens is 262 g/mol.